The van der Waals surface area contributed by atoms with E-state index >= 15 is 0 Å². The minimum Gasteiger partial charge on any atom is -0.397 e. The zero-order valence-corrected chi connectivity index (χ0v) is 11.5. The summed E-state index contributed by atoms with van der Waals surface area (Å²) >= 11 is 0. The number of pyridine rings is 1. The van der Waals surface area contributed by atoms with Gasteiger partial charge in [-0.1, -0.05) is 0 Å². The van der Waals surface area contributed by atoms with Gasteiger partial charge >= 0.3 is 0 Å². The third-order valence-corrected chi connectivity index (χ3v) is 3.93. The fourth-order valence-electron chi connectivity index (χ4n) is 2.86. The predicted molar refractivity (Wildman–Crippen MR) is 76.4 cm³/mol. The summed E-state index contributed by atoms with van der Waals surface area (Å²) in [6.07, 6.45) is 3.55. The lowest BCUT2D eigenvalue weighted by Gasteiger charge is -2.33. The van der Waals surface area contributed by atoms with Crippen molar-refractivity contribution in [2.45, 2.75) is 18.9 Å². The average Bonchev–Trinajstić information content (AvgIpc) is 2.97. The molecule has 0 bridgehead atoms. The van der Waals surface area contributed by atoms with Gasteiger partial charge in [-0.3, -0.25) is 4.79 Å². The van der Waals surface area contributed by atoms with E-state index in [0.717, 1.165) is 25.2 Å². The molecule has 3 heterocycles. The predicted octanol–water partition coefficient (Wildman–Crippen LogP) is 0.491. The van der Waals surface area contributed by atoms with E-state index in [0.29, 0.717) is 32.0 Å². The highest BCUT2D eigenvalue weighted by molar-refractivity contribution is 5.85. The van der Waals surface area contributed by atoms with E-state index in [2.05, 4.69) is 9.88 Å². The molecular weight excluding hydrogens is 256 g/mol. The second-order valence-electron chi connectivity index (χ2n) is 5.24. The van der Waals surface area contributed by atoms with Crippen LogP contribution in [0.4, 0.5) is 11.5 Å². The van der Waals surface area contributed by atoms with Crippen LogP contribution >= 0.6 is 0 Å². The van der Waals surface area contributed by atoms with Crippen LogP contribution in [0.2, 0.25) is 0 Å². The molecule has 2 fully saturated rings. The van der Waals surface area contributed by atoms with E-state index in [1.807, 2.05) is 17.0 Å². The Hall–Kier alpha value is -1.82. The number of nitrogen functional groups attached to an aromatic ring is 1. The molecule has 6 nitrogen and oxygen atoms in total. The third-order valence-electron chi connectivity index (χ3n) is 3.93. The number of hydrogen-bond acceptors (Lipinski definition) is 5. The lowest BCUT2D eigenvalue weighted by molar-refractivity contribution is -0.136. The molecule has 0 radical (unpaired) electrons. The molecule has 20 heavy (non-hydrogen) atoms. The van der Waals surface area contributed by atoms with Crippen LogP contribution in [0.3, 0.4) is 0 Å². The number of aromatic nitrogens is 1. The minimum atomic E-state index is -0.0933. The second kappa shape index (κ2) is 5.66. The van der Waals surface area contributed by atoms with Crippen LogP contribution in [0.25, 0.3) is 0 Å². The van der Waals surface area contributed by atoms with Crippen LogP contribution in [-0.4, -0.2) is 54.7 Å². The fourth-order valence-corrected chi connectivity index (χ4v) is 2.86. The molecule has 0 aromatic carbocycles. The molecule has 0 unspecified atom stereocenters. The van der Waals surface area contributed by atoms with E-state index in [-0.39, 0.29) is 11.9 Å². The van der Waals surface area contributed by atoms with Crippen molar-refractivity contribution in [2.24, 2.45) is 0 Å². The Morgan fingerprint density at radius 1 is 1.30 bits per heavy atom. The maximum atomic E-state index is 12.6. The summed E-state index contributed by atoms with van der Waals surface area (Å²) in [5.74, 6) is 1.03. The number of carbonyl (C=O) groups is 1. The summed E-state index contributed by atoms with van der Waals surface area (Å²) in [5.41, 5.74) is 6.31. The Bertz CT molecular complexity index is 471. The van der Waals surface area contributed by atoms with Crippen molar-refractivity contribution in [3.8, 4) is 0 Å². The van der Waals surface area contributed by atoms with E-state index in [4.69, 9.17) is 10.5 Å². The van der Waals surface area contributed by atoms with Gasteiger partial charge in [0.25, 0.3) is 0 Å². The monoisotopic (exact) mass is 276 g/mol. The molecule has 0 spiro atoms. The van der Waals surface area contributed by atoms with E-state index in [9.17, 15) is 4.79 Å². The van der Waals surface area contributed by atoms with Gasteiger partial charge in [-0.2, -0.15) is 0 Å². The SMILES string of the molecule is Nc1ccc(N2CCC[C@@H]2C(=O)N2CCOCC2)nc1. The summed E-state index contributed by atoms with van der Waals surface area (Å²) in [5, 5.41) is 0. The molecule has 1 amide bonds. The summed E-state index contributed by atoms with van der Waals surface area (Å²) in [4.78, 5) is 21.0. The summed E-state index contributed by atoms with van der Waals surface area (Å²) in [6.45, 7) is 3.53. The normalized spacial score (nSPS) is 23.1. The van der Waals surface area contributed by atoms with Gasteiger partial charge in [-0.25, -0.2) is 4.98 Å². The van der Waals surface area contributed by atoms with Crippen LogP contribution in [0.15, 0.2) is 18.3 Å². The van der Waals surface area contributed by atoms with Crippen molar-refractivity contribution >= 4 is 17.4 Å². The number of nitrogens with two attached hydrogens (primary N) is 1. The first-order valence-corrected chi connectivity index (χ1v) is 7.10. The lowest BCUT2D eigenvalue weighted by atomic mass is 10.2. The van der Waals surface area contributed by atoms with Gasteiger partial charge in [0.2, 0.25) is 5.91 Å². The molecule has 108 valence electrons. The zero-order chi connectivity index (χ0) is 13.9. The number of nitrogens with zero attached hydrogens (tertiary/aromatic N) is 3. The second-order valence-corrected chi connectivity index (χ2v) is 5.24. The molecule has 0 aliphatic carbocycles. The highest BCUT2D eigenvalue weighted by Crippen LogP contribution is 2.25. The van der Waals surface area contributed by atoms with Crippen molar-refractivity contribution in [3.63, 3.8) is 0 Å². The van der Waals surface area contributed by atoms with Crippen molar-refractivity contribution in [1.29, 1.82) is 0 Å². The van der Waals surface area contributed by atoms with Gasteiger partial charge in [-0.15, -0.1) is 0 Å². The number of anilines is 2. The zero-order valence-electron chi connectivity index (χ0n) is 11.5. The van der Waals surface area contributed by atoms with Crippen LogP contribution in [-0.2, 0) is 9.53 Å². The maximum Gasteiger partial charge on any atom is 0.245 e. The topological polar surface area (TPSA) is 71.7 Å². The average molecular weight is 276 g/mol. The van der Waals surface area contributed by atoms with Gasteiger partial charge in [0.05, 0.1) is 25.1 Å². The molecule has 2 N–H and O–H groups in total. The van der Waals surface area contributed by atoms with Gasteiger partial charge in [0.1, 0.15) is 11.9 Å². The Morgan fingerprint density at radius 2 is 2.10 bits per heavy atom. The molecule has 1 aromatic heterocycles. The minimum absolute atomic E-state index is 0.0933. The number of ether oxygens (including phenoxy) is 1. The Kier molecular flexibility index (Phi) is 3.73. The lowest BCUT2D eigenvalue weighted by Crippen LogP contribution is -2.50. The van der Waals surface area contributed by atoms with Gasteiger partial charge < -0.3 is 20.3 Å². The van der Waals surface area contributed by atoms with Crippen molar-refractivity contribution < 1.29 is 9.53 Å². The van der Waals surface area contributed by atoms with Crippen LogP contribution < -0.4 is 10.6 Å². The molecule has 0 saturated carbocycles. The Labute approximate surface area is 118 Å². The molecule has 1 aromatic rings. The smallest absolute Gasteiger partial charge is 0.245 e. The van der Waals surface area contributed by atoms with E-state index in [1.165, 1.54) is 0 Å². The van der Waals surface area contributed by atoms with Crippen LogP contribution in [0, 0.1) is 0 Å². The molecule has 6 heteroatoms. The van der Waals surface area contributed by atoms with Gasteiger partial charge in [0, 0.05) is 19.6 Å². The first kappa shape index (κ1) is 13.2. The van der Waals surface area contributed by atoms with Crippen LogP contribution in [0.1, 0.15) is 12.8 Å². The van der Waals surface area contributed by atoms with Crippen molar-refractivity contribution in [3.05, 3.63) is 18.3 Å². The fraction of sp³-hybridized carbons (Fsp3) is 0.571. The number of amides is 1. The highest BCUT2D eigenvalue weighted by Gasteiger charge is 2.34. The van der Waals surface area contributed by atoms with Crippen molar-refractivity contribution in [1.82, 2.24) is 9.88 Å². The molecular formula is C14H20N4O2. The van der Waals surface area contributed by atoms with Gasteiger partial charge in [0.15, 0.2) is 0 Å². The van der Waals surface area contributed by atoms with Crippen molar-refractivity contribution in [2.75, 3.05) is 43.5 Å². The molecule has 1 atom stereocenters. The first-order valence-electron chi connectivity index (χ1n) is 7.10. The number of morpholine rings is 1. The quantitative estimate of drug-likeness (QED) is 0.851. The Morgan fingerprint density at radius 3 is 2.80 bits per heavy atom. The number of hydrogen-bond donors (Lipinski definition) is 1. The number of carbonyl (C=O) groups excluding carboxylic acids is 1. The van der Waals surface area contributed by atoms with E-state index in [1.54, 1.807) is 6.20 Å². The summed E-state index contributed by atoms with van der Waals surface area (Å²) < 4.78 is 5.30. The molecule has 2 aliphatic rings. The number of rotatable bonds is 2. The standard InChI is InChI=1S/C14H20N4O2/c15-11-3-4-13(16-10-11)18-5-1-2-12(18)14(19)17-6-8-20-9-7-17/h3-4,10,12H,1-2,5-9,15H2/t12-/m1/s1. The van der Waals surface area contributed by atoms with Gasteiger partial charge in [-0.05, 0) is 25.0 Å². The highest BCUT2D eigenvalue weighted by atomic mass is 16.5. The molecule has 2 aliphatic heterocycles. The Balaban J connectivity index is 1.74. The van der Waals surface area contributed by atoms with E-state index < -0.39 is 0 Å². The largest absolute Gasteiger partial charge is 0.397 e. The maximum absolute atomic E-state index is 12.6. The molecule has 2 saturated heterocycles. The summed E-state index contributed by atoms with van der Waals surface area (Å²) in [7, 11) is 0. The third kappa shape index (κ3) is 2.56. The molecule has 3 rings (SSSR count). The summed E-state index contributed by atoms with van der Waals surface area (Å²) in [6, 6.07) is 3.63. The van der Waals surface area contributed by atoms with Crippen LogP contribution in [0.5, 0.6) is 0 Å². The first-order chi connectivity index (χ1) is 9.75.